The molecule has 0 amide bonds. The number of hydrogen-bond acceptors (Lipinski definition) is 6. The zero-order valence-electron chi connectivity index (χ0n) is 22.3. The molecule has 3 aliphatic heterocycles. The lowest BCUT2D eigenvalue weighted by atomic mass is 9.84. The van der Waals surface area contributed by atoms with Crippen LogP contribution in [0.5, 0.6) is 0 Å². The van der Waals surface area contributed by atoms with E-state index >= 15 is 0 Å². The van der Waals surface area contributed by atoms with Crippen LogP contribution in [0.1, 0.15) is 19.4 Å². The Morgan fingerprint density at radius 2 is 1.64 bits per heavy atom. The van der Waals surface area contributed by atoms with Crippen molar-refractivity contribution in [1.82, 2.24) is 4.67 Å². The zero-order chi connectivity index (χ0) is 27.2. The van der Waals surface area contributed by atoms with Gasteiger partial charge in [-0.1, -0.05) is 62.4 Å². The molecule has 3 aliphatic rings. The van der Waals surface area contributed by atoms with Crippen molar-refractivity contribution in [3.8, 4) is 0 Å². The molecular weight excluding hydrogens is 511 g/mol. The predicted molar refractivity (Wildman–Crippen MR) is 157 cm³/mol. The summed E-state index contributed by atoms with van der Waals surface area (Å²) in [7, 11) is -0.834. The topological polar surface area (TPSA) is 86.8 Å². The maximum Gasteiger partial charge on any atom is 0.294 e. The van der Waals surface area contributed by atoms with Crippen molar-refractivity contribution in [3.63, 3.8) is 0 Å². The highest BCUT2D eigenvalue weighted by Crippen LogP contribution is 2.71. The van der Waals surface area contributed by atoms with Crippen LogP contribution in [0.2, 0.25) is 0 Å². The van der Waals surface area contributed by atoms with E-state index < -0.39 is 7.36 Å². The third kappa shape index (κ3) is 4.00. The molecule has 0 saturated carbocycles. The molecule has 9 nitrogen and oxygen atoms in total. The largest absolute Gasteiger partial charge is 0.379 e. The van der Waals surface area contributed by atoms with Crippen LogP contribution in [-0.2, 0) is 10.2 Å². The first-order chi connectivity index (χ1) is 18.9. The van der Waals surface area contributed by atoms with Gasteiger partial charge in [0.05, 0.1) is 35.4 Å². The summed E-state index contributed by atoms with van der Waals surface area (Å²) >= 11 is 0. The van der Waals surface area contributed by atoms with E-state index in [0.717, 1.165) is 22.4 Å². The second kappa shape index (κ2) is 9.75. The molecule has 1 saturated heterocycles. The van der Waals surface area contributed by atoms with Gasteiger partial charge in [-0.05, 0) is 29.8 Å². The summed E-state index contributed by atoms with van der Waals surface area (Å²) in [6.45, 7) is 6.85. The number of benzene rings is 3. The lowest BCUT2D eigenvalue weighted by Gasteiger charge is -2.42. The molecule has 3 aromatic carbocycles. The Morgan fingerprint density at radius 3 is 2.36 bits per heavy atom. The smallest absolute Gasteiger partial charge is 0.294 e. The van der Waals surface area contributed by atoms with Crippen molar-refractivity contribution >= 4 is 36.3 Å². The summed E-state index contributed by atoms with van der Waals surface area (Å²) in [6.07, 6.45) is 1.94. The molecule has 0 bridgehead atoms. The summed E-state index contributed by atoms with van der Waals surface area (Å²) in [4.78, 5) is 14.0. The highest BCUT2D eigenvalue weighted by Gasteiger charge is 2.50. The van der Waals surface area contributed by atoms with Crippen LogP contribution < -0.4 is 9.68 Å². The molecule has 6 rings (SSSR count). The van der Waals surface area contributed by atoms with Crippen molar-refractivity contribution in [2.24, 2.45) is 9.85 Å². The number of rotatable bonds is 4. The molecule has 0 radical (unpaired) electrons. The molecule has 3 heterocycles. The molecule has 10 heteroatoms. The van der Waals surface area contributed by atoms with Crippen molar-refractivity contribution in [2.45, 2.75) is 19.3 Å². The fourth-order valence-electron chi connectivity index (χ4n) is 5.92. The normalized spacial score (nSPS) is 24.2. The molecule has 200 valence electrons. The molecule has 0 spiro atoms. The fourth-order valence-corrected chi connectivity index (χ4v) is 9.75. The number of morpholine rings is 1. The number of fused-ring (bicyclic) bond motifs is 1. The molecule has 0 unspecified atom stereocenters. The number of allylic oxidation sites excluding steroid dienone is 2. The first-order valence-electron chi connectivity index (χ1n) is 13.0. The van der Waals surface area contributed by atoms with E-state index in [-0.39, 0.29) is 16.0 Å². The minimum atomic E-state index is -2.92. The van der Waals surface area contributed by atoms with Gasteiger partial charge in [0.25, 0.3) is 5.69 Å². The van der Waals surface area contributed by atoms with Crippen LogP contribution in [-0.4, -0.2) is 49.2 Å². The second-order valence-electron chi connectivity index (χ2n) is 10.3. The van der Waals surface area contributed by atoms with Crippen LogP contribution in [0.25, 0.3) is 0 Å². The Balaban J connectivity index is 1.72. The van der Waals surface area contributed by atoms with Gasteiger partial charge in [0.1, 0.15) is 5.69 Å². The van der Waals surface area contributed by atoms with Gasteiger partial charge in [0, 0.05) is 43.0 Å². The van der Waals surface area contributed by atoms with E-state index in [9.17, 15) is 10.1 Å². The van der Waals surface area contributed by atoms with Crippen LogP contribution >= 0.6 is 7.36 Å². The van der Waals surface area contributed by atoms with E-state index in [0.29, 0.717) is 32.0 Å². The number of hydrogen-bond donors (Lipinski definition) is 0. The van der Waals surface area contributed by atoms with Gasteiger partial charge < -0.3 is 9.64 Å². The average Bonchev–Trinajstić information content (AvgIpc) is 3.42. The lowest BCUT2D eigenvalue weighted by molar-refractivity contribution is -0.384. The predicted octanol–water partition coefficient (Wildman–Crippen LogP) is 6.73. The molecule has 39 heavy (non-hydrogen) atoms. The van der Waals surface area contributed by atoms with E-state index in [1.54, 1.807) is 18.2 Å². The third-order valence-electron chi connectivity index (χ3n) is 7.68. The zero-order valence-corrected chi connectivity index (χ0v) is 23.2. The summed E-state index contributed by atoms with van der Waals surface area (Å²) in [5.41, 5.74) is 4.36. The Kier molecular flexibility index (Phi) is 6.38. The number of nitro benzene ring substituents is 1. The number of hydrazone groups is 1. The summed E-state index contributed by atoms with van der Waals surface area (Å²) < 4.78 is 15.6. The quantitative estimate of drug-likeness (QED) is 0.206. The van der Waals surface area contributed by atoms with Crippen molar-refractivity contribution in [2.75, 3.05) is 43.0 Å². The number of ether oxygens (including phenoxy) is 1. The molecule has 3 aromatic rings. The van der Waals surface area contributed by atoms with Crippen molar-refractivity contribution < 1.29 is 9.66 Å². The Morgan fingerprint density at radius 1 is 0.974 bits per heavy atom. The first-order valence-corrected chi connectivity index (χ1v) is 14.7. The molecule has 0 aliphatic carbocycles. The van der Waals surface area contributed by atoms with Gasteiger partial charge in [-0.3, -0.25) is 10.1 Å². The molecule has 1 fully saturated rings. The summed E-state index contributed by atoms with van der Waals surface area (Å²) in [6, 6.07) is 25.2. The van der Waals surface area contributed by atoms with Crippen molar-refractivity contribution in [3.05, 3.63) is 106 Å². The third-order valence-corrected chi connectivity index (χ3v) is 11.2. The maximum atomic E-state index is 12.1. The highest BCUT2D eigenvalue weighted by molar-refractivity contribution is 7.71. The summed E-state index contributed by atoms with van der Waals surface area (Å²) in [5, 5.41) is 18.1. The number of nitro groups is 1. The fraction of sp³-hybridized carbons (Fsp3) is 0.276. The van der Waals surface area contributed by atoms with E-state index in [1.807, 2.05) is 41.3 Å². The molecule has 0 aromatic heterocycles. The highest BCUT2D eigenvalue weighted by atomic mass is 31.2. The van der Waals surface area contributed by atoms with Gasteiger partial charge >= 0.3 is 0 Å². The van der Waals surface area contributed by atoms with Gasteiger partial charge in [0.15, 0.2) is 7.36 Å². The maximum absolute atomic E-state index is 12.1. The standard InChI is InChI=1S/C29H31N6O3P/c1-29(2)23-13-7-9-15-25(23)32(3)28(29)27-21-30-34(22-11-5-4-6-12-22)39(27,33-17-19-38-20-18-33)31-24-14-8-10-16-26(24)35(36)37/h4-16,21H,17-20H2,1-3H3/b28-27+/t39-/m1/s1. The van der Waals surface area contributed by atoms with Gasteiger partial charge in [-0.2, -0.15) is 5.10 Å². The minimum Gasteiger partial charge on any atom is -0.379 e. The Labute approximate surface area is 228 Å². The van der Waals surface area contributed by atoms with Crippen LogP contribution in [0.15, 0.2) is 99.7 Å². The van der Waals surface area contributed by atoms with E-state index in [1.165, 1.54) is 11.6 Å². The summed E-state index contributed by atoms with van der Waals surface area (Å²) in [5.74, 6) is 0. The molecule has 0 N–H and O–H groups in total. The van der Waals surface area contributed by atoms with Gasteiger partial charge in [-0.25, -0.2) is 14.2 Å². The SMILES string of the molecule is CN1/C(=C2\C=NN(c3ccccc3)[P@]2(=Nc2ccccc2[N+](=O)[O-])N2CCOCC2)C(C)(C)c2ccccc21. The van der Waals surface area contributed by atoms with Crippen LogP contribution in [0.4, 0.5) is 22.7 Å². The Bertz CT molecular complexity index is 1550. The average molecular weight is 543 g/mol. The minimum absolute atomic E-state index is 0.0169. The van der Waals surface area contributed by atoms with Crippen LogP contribution in [0, 0.1) is 10.1 Å². The number of nitrogens with zero attached hydrogens (tertiary/aromatic N) is 6. The van der Waals surface area contributed by atoms with Crippen molar-refractivity contribution in [1.29, 1.82) is 0 Å². The monoisotopic (exact) mass is 542 g/mol. The first kappa shape index (κ1) is 25.5. The van der Waals surface area contributed by atoms with E-state index in [4.69, 9.17) is 14.6 Å². The number of para-hydroxylation sites is 3. The number of likely N-dealkylation sites (N-methyl/N-ethyl adjacent to an activating group) is 1. The molecular formula is C29H31N6O3P. The second-order valence-corrected chi connectivity index (χ2v) is 13.0. The lowest BCUT2D eigenvalue weighted by Crippen LogP contribution is -2.38. The number of anilines is 2. The molecule has 1 atom stereocenters. The van der Waals surface area contributed by atoms with Gasteiger partial charge in [0.2, 0.25) is 0 Å². The Hall–Kier alpha value is -3.78. The van der Waals surface area contributed by atoms with E-state index in [2.05, 4.69) is 54.7 Å². The van der Waals surface area contributed by atoms with Crippen LogP contribution in [0.3, 0.4) is 0 Å². The van der Waals surface area contributed by atoms with Gasteiger partial charge in [-0.15, -0.1) is 0 Å².